The monoisotopic (exact) mass is 317 g/mol. The number of nitrogens with zero attached hydrogens (tertiary/aromatic N) is 3. The van der Waals surface area contributed by atoms with Crippen molar-refractivity contribution in [3.63, 3.8) is 0 Å². The molecule has 4 nitrogen and oxygen atoms in total. The van der Waals surface area contributed by atoms with Crippen LogP contribution in [0.15, 0.2) is 11.6 Å². The first-order chi connectivity index (χ1) is 8.22. The highest BCUT2D eigenvalue weighted by atomic mass is 79.9. The van der Waals surface area contributed by atoms with E-state index >= 15 is 0 Å². The fourth-order valence-corrected chi connectivity index (χ4v) is 2.85. The van der Waals surface area contributed by atoms with Gasteiger partial charge in [-0.15, -0.1) is 11.3 Å². The number of amides is 1. The van der Waals surface area contributed by atoms with E-state index in [1.165, 1.54) is 0 Å². The van der Waals surface area contributed by atoms with Crippen molar-refractivity contribution in [3.8, 4) is 0 Å². The van der Waals surface area contributed by atoms with Crippen LogP contribution in [-0.4, -0.2) is 46.8 Å². The van der Waals surface area contributed by atoms with Gasteiger partial charge in [0.1, 0.15) is 0 Å². The maximum Gasteiger partial charge on any atom is 0.236 e. The molecule has 6 heteroatoms. The zero-order valence-corrected chi connectivity index (χ0v) is 12.2. The van der Waals surface area contributed by atoms with Crippen LogP contribution in [0.25, 0.3) is 0 Å². The summed E-state index contributed by atoms with van der Waals surface area (Å²) in [5, 5.41) is 3.04. The zero-order chi connectivity index (χ0) is 12.3. The van der Waals surface area contributed by atoms with E-state index in [0.29, 0.717) is 0 Å². The lowest BCUT2D eigenvalue weighted by molar-refractivity contribution is -0.130. The number of thiazole rings is 1. The van der Waals surface area contributed by atoms with Crippen LogP contribution >= 0.6 is 27.3 Å². The molecule has 1 saturated heterocycles. The predicted molar refractivity (Wildman–Crippen MR) is 73.9 cm³/mol. The second kappa shape index (κ2) is 5.82. The van der Waals surface area contributed by atoms with E-state index in [2.05, 4.69) is 25.8 Å². The summed E-state index contributed by atoms with van der Waals surface area (Å²) in [4.78, 5) is 20.4. The highest BCUT2D eigenvalue weighted by Gasteiger charge is 2.25. The number of carbonyl (C=O) groups is 1. The number of piperazine rings is 1. The first kappa shape index (κ1) is 12.8. The van der Waals surface area contributed by atoms with Crippen LogP contribution in [0.5, 0.6) is 0 Å². The Bertz CT molecular complexity index is 363. The van der Waals surface area contributed by atoms with Gasteiger partial charge in [0.25, 0.3) is 0 Å². The Hall–Kier alpha value is -0.620. The van der Waals surface area contributed by atoms with Crippen molar-refractivity contribution < 1.29 is 4.79 Å². The SMILES string of the molecule is CCC(Br)C(=O)N1CCN(c2nccs2)CC1. The molecule has 17 heavy (non-hydrogen) atoms. The molecule has 0 N–H and O–H groups in total. The molecule has 1 aromatic heterocycles. The first-order valence-electron chi connectivity index (χ1n) is 5.79. The topological polar surface area (TPSA) is 36.4 Å². The third-order valence-electron chi connectivity index (χ3n) is 2.91. The van der Waals surface area contributed by atoms with E-state index in [1.807, 2.05) is 23.4 Å². The number of aromatic nitrogens is 1. The lowest BCUT2D eigenvalue weighted by Gasteiger charge is -2.35. The van der Waals surface area contributed by atoms with Gasteiger partial charge in [-0.25, -0.2) is 4.98 Å². The molecule has 1 aliphatic rings. The fraction of sp³-hybridized carbons (Fsp3) is 0.636. The Labute approximate surface area is 114 Å². The van der Waals surface area contributed by atoms with Gasteiger partial charge >= 0.3 is 0 Å². The zero-order valence-electron chi connectivity index (χ0n) is 9.80. The normalized spacial score (nSPS) is 18.2. The molecule has 0 spiro atoms. The largest absolute Gasteiger partial charge is 0.345 e. The maximum atomic E-state index is 12.0. The van der Waals surface area contributed by atoms with Gasteiger partial charge in [0.2, 0.25) is 5.91 Å². The number of carbonyl (C=O) groups excluding carboxylic acids is 1. The van der Waals surface area contributed by atoms with E-state index < -0.39 is 0 Å². The molecule has 94 valence electrons. The summed E-state index contributed by atoms with van der Waals surface area (Å²) in [6, 6.07) is 0. The van der Waals surface area contributed by atoms with Crippen LogP contribution in [-0.2, 0) is 4.79 Å². The highest BCUT2D eigenvalue weighted by Crippen LogP contribution is 2.19. The molecule has 1 aromatic rings. The number of alkyl halides is 1. The van der Waals surface area contributed by atoms with Crippen LogP contribution in [0.4, 0.5) is 5.13 Å². The molecule has 0 aromatic carbocycles. The van der Waals surface area contributed by atoms with Crippen LogP contribution < -0.4 is 4.90 Å². The Morgan fingerprint density at radius 1 is 1.53 bits per heavy atom. The Balaban J connectivity index is 1.88. The Morgan fingerprint density at radius 2 is 2.24 bits per heavy atom. The predicted octanol–water partition coefficient (Wildman–Crippen LogP) is 1.97. The molecule has 1 aliphatic heterocycles. The number of rotatable bonds is 3. The molecular weight excluding hydrogens is 302 g/mol. The van der Waals surface area contributed by atoms with Gasteiger partial charge in [-0.05, 0) is 6.42 Å². The first-order valence-corrected chi connectivity index (χ1v) is 7.59. The number of anilines is 1. The minimum absolute atomic E-state index is 0.0334. The standard InChI is InChI=1S/C11H16BrN3OS/c1-2-9(12)10(16)14-4-6-15(7-5-14)11-13-3-8-17-11/h3,8-9H,2,4-7H2,1H3. The highest BCUT2D eigenvalue weighted by molar-refractivity contribution is 9.10. The molecule has 1 amide bonds. The Kier molecular flexibility index (Phi) is 4.39. The second-order valence-corrected chi connectivity index (χ2v) is 5.98. The minimum Gasteiger partial charge on any atom is -0.345 e. The molecule has 1 atom stereocenters. The van der Waals surface area contributed by atoms with Crippen LogP contribution in [0, 0.1) is 0 Å². The van der Waals surface area contributed by atoms with E-state index in [0.717, 1.165) is 37.7 Å². The van der Waals surface area contributed by atoms with E-state index in [9.17, 15) is 4.79 Å². The average molecular weight is 318 g/mol. The summed E-state index contributed by atoms with van der Waals surface area (Å²) in [6.07, 6.45) is 2.66. The van der Waals surface area contributed by atoms with E-state index in [-0.39, 0.29) is 10.7 Å². The molecule has 1 unspecified atom stereocenters. The number of hydrogen-bond donors (Lipinski definition) is 0. The molecule has 1 fully saturated rings. The van der Waals surface area contributed by atoms with Crippen molar-refractivity contribution in [2.75, 3.05) is 31.1 Å². The van der Waals surface area contributed by atoms with Crippen molar-refractivity contribution in [2.24, 2.45) is 0 Å². The maximum absolute atomic E-state index is 12.0. The van der Waals surface area contributed by atoms with Crippen molar-refractivity contribution in [2.45, 2.75) is 18.2 Å². The van der Waals surface area contributed by atoms with Gasteiger partial charge < -0.3 is 9.80 Å². The van der Waals surface area contributed by atoms with Crippen molar-refractivity contribution in [1.82, 2.24) is 9.88 Å². The molecule has 2 rings (SSSR count). The number of hydrogen-bond acceptors (Lipinski definition) is 4. The summed E-state index contributed by atoms with van der Waals surface area (Å²) in [5.41, 5.74) is 0. The van der Waals surface area contributed by atoms with Gasteiger partial charge in [0, 0.05) is 37.8 Å². The third kappa shape index (κ3) is 2.98. The average Bonchev–Trinajstić information content (AvgIpc) is 2.91. The lowest BCUT2D eigenvalue weighted by Crippen LogP contribution is -2.50. The van der Waals surface area contributed by atoms with Gasteiger partial charge in [-0.1, -0.05) is 22.9 Å². The summed E-state index contributed by atoms with van der Waals surface area (Å²) in [6.45, 7) is 5.36. The molecular formula is C11H16BrN3OS. The van der Waals surface area contributed by atoms with Crippen LogP contribution in [0.1, 0.15) is 13.3 Å². The minimum atomic E-state index is -0.0334. The van der Waals surface area contributed by atoms with Gasteiger partial charge in [0.05, 0.1) is 4.83 Å². The molecule has 0 bridgehead atoms. The summed E-state index contributed by atoms with van der Waals surface area (Å²) >= 11 is 5.07. The smallest absolute Gasteiger partial charge is 0.236 e. The summed E-state index contributed by atoms with van der Waals surface area (Å²) in [5.74, 6) is 0.214. The van der Waals surface area contributed by atoms with Gasteiger partial charge in [-0.3, -0.25) is 4.79 Å². The van der Waals surface area contributed by atoms with Crippen LogP contribution in [0.2, 0.25) is 0 Å². The van der Waals surface area contributed by atoms with E-state index in [1.54, 1.807) is 11.3 Å². The van der Waals surface area contributed by atoms with E-state index in [4.69, 9.17) is 0 Å². The van der Waals surface area contributed by atoms with Crippen molar-refractivity contribution in [3.05, 3.63) is 11.6 Å². The van der Waals surface area contributed by atoms with Crippen molar-refractivity contribution in [1.29, 1.82) is 0 Å². The van der Waals surface area contributed by atoms with Gasteiger partial charge in [-0.2, -0.15) is 0 Å². The summed E-state index contributed by atoms with van der Waals surface area (Å²) in [7, 11) is 0. The fourth-order valence-electron chi connectivity index (χ4n) is 1.86. The van der Waals surface area contributed by atoms with Crippen LogP contribution in [0.3, 0.4) is 0 Å². The lowest BCUT2D eigenvalue weighted by atomic mass is 10.2. The third-order valence-corrected chi connectivity index (χ3v) is 4.78. The van der Waals surface area contributed by atoms with Gasteiger partial charge in [0.15, 0.2) is 5.13 Å². The molecule has 0 aliphatic carbocycles. The molecule has 0 saturated carbocycles. The number of halogens is 1. The Morgan fingerprint density at radius 3 is 2.76 bits per heavy atom. The van der Waals surface area contributed by atoms with Crippen molar-refractivity contribution >= 4 is 38.3 Å². The quantitative estimate of drug-likeness (QED) is 0.800. The summed E-state index contributed by atoms with van der Waals surface area (Å²) < 4.78 is 0. The second-order valence-electron chi connectivity index (χ2n) is 4.00. The molecule has 2 heterocycles. The molecule has 0 radical (unpaired) electrons.